The molecule has 0 saturated carbocycles. The van der Waals surface area contributed by atoms with Crippen molar-refractivity contribution in [1.82, 2.24) is 14.9 Å². The monoisotopic (exact) mass is 241 g/mol. The molecule has 0 aliphatic carbocycles. The summed E-state index contributed by atoms with van der Waals surface area (Å²) >= 11 is 5.17. The van der Waals surface area contributed by atoms with Crippen LogP contribution in [0.5, 0.6) is 0 Å². The van der Waals surface area contributed by atoms with E-state index in [2.05, 4.69) is 10.3 Å². The van der Waals surface area contributed by atoms with E-state index in [1.54, 1.807) is 0 Å². The van der Waals surface area contributed by atoms with Crippen molar-refractivity contribution in [3.8, 4) is 0 Å². The fourth-order valence-electron chi connectivity index (χ4n) is 1.62. The first-order valence-electron chi connectivity index (χ1n) is 5.68. The number of rotatable bonds is 5. The van der Waals surface area contributed by atoms with E-state index in [1.165, 1.54) is 0 Å². The van der Waals surface area contributed by atoms with Crippen LogP contribution in [0.2, 0.25) is 0 Å². The van der Waals surface area contributed by atoms with Crippen LogP contribution in [0.4, 0.5) is 0 Å². The average molecular weight is 241 g/mol. The molecule has 16 heavy (non-hydrogen) atoms. The molecule has 0 fully saturated rings. The van der Waals surface area contributed by atoms with Crippen LogP contribution < -0.4 is 5.32 Å². The number of aromatic nitrogens is 2. The molecule has 0 aromatic carbocycles. The zero-order valence-electron chi connectivity index (χ0n) is 10.0. The number of amides is 1. The zero-order valence-corrected chi connectivity index (χ0v) is 10.9. The molecule has 4 nitrogen and oxygen atoms in total. The van der Waals surface area contributed by atoms with E-state index in [0.717, 1.165) is 18.5 Å². The first kappa shape index (κ1) is 13.0. The minimum atomic E-state index is -0.250. The molecule has 0 saturated heterocycles. The fraction of sp³-hybridized carbons (Fsp3) is 0.636. The van der Waals surface area contributed by atoms with Gasteiger partial charge in [-0.1, -0.05) is 13.8 Å². The predicted octanol–water partition coefficient (Wildman–Crippen LogP) is 2.20. The van der Waals surface area contributed by atoms with Gasteiger partial charge in [0, 0.05) is 18.4 Å². The number of nitrogens with one attached hydrogen (secondary N) is 2. The van der Waals surface area contributed by atoms with Crippen LogP contribution in [-0.2, 0) is 11.2 Å². The second-order valence-electron chi connectivity index (χ2n) is 3.78. The molecule has 1 aromatic heterocycles. The number of imidazole rings is 1. The van der Waals surface area contributed by atoms with Gasteiger partial charge in [0.15, 0.2) is 4.77 Å². The van der Waals surface area contributed by atoms with Gasteiger partial charge in [0.2, 0.25) is 5.91 Å². The van der Waals surface area contributed by atoms with Crippen molar-refractivity contribution < 1.29 is 4.79 Å². The minimum Gasteiger partial charge on any atom is -0.354 e. The molecule has 0 spiro atoms. The highest BCUT2D eigenvalue weighted by Gasteiger charge is 2.17. The van der Waals surface area contributed by atoms with E-state index >= 15 is 0 Å². The topological polar surface area (TPSA) is 49.8 Å². The number of carbonyl (C=O) groups excluding carboxylic acids is 1. The Bertz CT molecular complexity index is 408. The third-order valence-electron chi connectivity index (χ3n) is 2.57. The summed E-state index contributed by atoms with van der Waals surface area (Å²) in [6, 6.07) is -0.250. The summed E-state index contributed by atoms with van der Waals surface area (Å²) in [6.45, 7) is 6.66. The van der Waals surface area contributed by atoms with Gasteiger partial charge in [-0.15, -0.1) is 0 Å². The second kappa shape index (κ2) is 5.84. The standard InChI is InChI=1S/C11H19N3OS/c1-4-6-12-10(15)8(3)14-9(5-2)7-13-11(14)16/h7-8H,4-6H2,1-3H3,(H,12,15)(H,13,16). The Morgan fingerprint density at radius 3 is 2.88 bits per heavy atom. The summed E-state index contributed by atoms with van der Waals surface area (Å²) in [7, 11) is 0. The number of aryl methyl sites for hydroxylation is 1. The third-order valence-corrected chi connectivity index (χ3v) is 2.88. The van der Waals surface area contributed by atoms with Gasteiger partial charge >= 0.3 is 0 Å². The Morgan fingerprint density at radius 2 is 2.31 bits per heavy atom. The molecule has 1 amide bonds. The van der Waals surface area contributed by atoms with E-state index in [1.807, 2.05) is 31.5 Å². The van der Waals surface area contributed by atoms with Crippen molar-refractivity contribution >= 4 is 18.1 Å². The van der Waals surface area contributed by atoms with Crippen molar-refractivity contribution in [3.05, 3.63) is 16.7 Å². The highest BCUT2D eigenvalue weighted by molar-refractivity contribution is 7.71. The van der Waals surface area contributed by atoms with Crippen LogP contribution in [0.25, 0.3) is 0 Å². The van der Waals surface area contributed by atoms with E-state index in [9.17, 15) is 4.79 Å². The molecule has 1 heterocycles. The number of H-pyrrole nitrogens is 1. The normalized spacial score (nSPS) is 12.4. The van der Waals surface area contributed by atoms with Gasteiger partial charge in [0.25, 0.3) is 0 Å². The highest BCUT2D eigenvalue weighted by Crippen LogP contribution is 2.12. The molecule has 0 bridgehead atoms. The van der Waals surface area contributed by atoms with Gasteiger partial charge in [-0.05, 0) is 32.0 Å². The Morgan fingerprint density at radius 1 is 1.62 bits per heavy atom. The van der Waals surface area contributed by atoms with Crippen LogP contribution in [0.15, 0.2) is 6.20 Å². The number of aromatic amines is 1. The molecule has 1 rings (SSSR count). The lowest BCUT2D eigenvalue weighted by molar-refractivity contribution is -0.123. The Hall–Kier alpha value is -1.10. The zero-order chi connectivity index (χ0) is 12.1. The predicted molar refractivity (Wildman–Crippen MR) is 67.0 cm³/mol. The maximum absolute atomic E-state index is 11.8. The van der Waals surface area contributed by atoms with E-state index in [0.29, 0.717) is 11.3 Å². The Kier molecular flexibility index (Phi) is 4.73. The van der Waals surface area contributed by atoms with Gasteiger partial charge in [-0.2, -0.15) is 0 Å². The first-order valence-corrected chi connectivity index (χ1v) is 6.09. The smallest absolute Gasteiger partial charge is 0.242 e. The largest absolute Gasteiger partial charge is 0.354 e. The molecule has 1 atom stereocenters. The number of carbonyl (C=O) groups is 1. The van der Waals surface area contributed by atoms with Crippen molar-refractivity contribution in [2.45, 2.75) is 39.7 Å². The summed E-state index contributed by atoms with van der Waals surface area (Å²) in [5.41, 5.74) is 1.06. The summed E-state index contributed by atoms with van der Waals surface area (Å²) in [6.07, 6.45) is 3.67. The summed E-state index contributed by atoms with van der Waals surface area (Å²) in [4.78, 5) is 14.8. The average Bonchev–Trinajstić information content (AvgIpc) is 2.66. The van der Waals surface area contributed by atoms with Crippen molar-refractivity contribution in [2.75, 3.05) is 6.54 Å². The van der Waals surface area contributed by atoms with Crippen molar-refractivity contribution in [3.63, 3.8) is 0 Å². The summed E-state index contributed by atoms with van der Waals surface area (Å²) in [5, 5.41) is 2.88. The van der Waals surface area contributed by atoms with Crippen molar-refractivity contribution in [1.29, 1.82) is 0 Å². The van der Waals surface area contributed by atoms with Crippen molar-refractivity contribution in [2.24, 2.45) is 0 Å². The van der Waals surface area contributed by atoms with Crippen LogP contribution >= 0.6 is 12.2 Å². The quantitative estimate of drug-likeness (QED) is 0.776. The molecule has 0 aliphatic heterocycles. The molecule has 1 unspecified atom stereocenters. The first-order chi connectivity index (χ1) is 7.61. The van der Waals surface area contributed by atoms with E-state index in [4.69, 9.17) is 12.2 Å². The molecule has 0 radical (unpaired) electrons. The lowest BCUT2D eigenvalue weighted by Crippen LogP contribution is -2.32. The van der Waals surface area contributed by atoms with Crippen LogP contribution in [0.1, 0.15) is 38.9 Å². The molecule has 2 N–H and O–H groups in total. The number of nitrogens with zero attached hydrogens (tertiary/aromatic N) is 1. The van der Waals surface area contributed by atoms with Gasteiger partial charge in [0.1, 0.15) is 6.04 Å². The SMILES string of the molecule is CCCNC(=O)C(C)n1c(CC)c[nH]c1=S. The molecular formula is C11H19N3OS. The van der Waals surface area contributed by atoms with Crippen LogP contribution in [0, 0.1) is 4.77 Å². The Balaban J connectivity index is 2.86. The fourth-order valence-corrected chi connectivity index (χ4v) is 1.96. The molecular weight excluding hydrogens is 222 g/mol. The van der Waals surface area contributed by atoms with E-state index in [-0.39, 0.29) is 11.9 Å². The highest BCUT2D eigenvalue weighted by atomic mass is 32.1. The summed E-state index contributed by atoms with van der Waals surface area (Å²) < 4.78 is 2.48. The van der Waals surface area contributed by atoms with Gasteiger partial charge < -0.3 is 14.9 Å². The van der Waals surface area contributed by atoms with Gasteiger partial charge in [-0.3, -0.25) is 4.79 Å². The summed E-state index contributed by atoms with van der Waals surface area (Å²) in [5.74, 6) is 0.0206. The van der Waals surface area contributed by atoms with Gasteiger partial charge in [-0.25, -0.2) is 0 Å². The number of hydrogen-bond donors (Lipinski definition) is 2. The van der Waals surface area contributed by atoms with Crippen LogP contribution in [-0.4, -0.2) is 22.0 Å². The molecule has 1 aromatic rings. The Labute approximate surface area is 101 Å². The lowest BCUT2D eigenvalue weighted by Gasteiger charge is -2.15. The molecule has 5 heteroatoms. The lowest BCUT2D eigenvalue weighted by atomic mass is 10.2. The minimum absolute atomic E-state index is 0.0206. The third kappa shape index (κ3) is 2.72. The number of hydrogen-bond acceptors (Lipinski definition) is 2. The second-order valence-corrected chi connectivity index (χ2v) is 4.16. The molecule has 0 aliphatic rings. The maximum Gasteiger partial charge on any atom is 0.242 e. The van der Waals surface area contributed by atoms with Crippen LogP contribution in [0.3, 0.4) is 0 Å². The van der Waals surface area contributed by atoms with Gasteiger partial charge in [0.05, 0.1) is 0 Å². The maximum atomic E-state index is 11.8. The van der Waals surface area contributed by atoms with E-state index < -0.39 is 0 Å². The molecule has 90 valence electrons.